The molecule has 2 amide bonds. The smallest absolute Gasteiger partial charge is 0.317 e. The number of aryl methyl sites for hydroxylation is 1. The molecule has 0 spiro atoms. The molecule has 0 radical (unpaired) electrons. The maximum absolute atomic E-state index is 12.2. The quantitative estimate of drug-likeness (QED) is 0.770. The van der Waals surface area contributed by atoms with Crippen LogP contribution >= 0.6 is 0 Å². The molecule has 0 saturated heterocycles. The molecule has 116 valence electrons. The highest BCUT2D eigenvalue weighted by atomic mass is 16.4. The monoisotopic (exact) mass is 294 g/mol. The van der Waals surface area contributed by atoms with Crippen LogP contribution in [0.15, 0.2) is 22.8 Å². The van der Waals surface area contributed by atoms with Crippen LogP contribution in [0.1, 0.15) is 38.4 Å². The average Bonchev–Trinajstić information content (AvgIpc) is 3.12. The van der Waals surface area contributed by atoms with Gasteiger partial charge in [0.15, 0.2) is 0 Å². The van der Waals surface area contributed by atoms with E-state index in [0.29, 0.717) is 0 Å². The van der Waals surface area contributed by atoms with Crippen LogP contribution in [0.2, 0.25) is 0 Å². The van der Waals surface area contributed by atoms with Gasteiger partial charge in [-0.05, 0) is 38.3 Å². The number of rotatable bonds is 8. The van der Waals surface area contributed by atoms with Crippen molar-refractivity contribution in [1.29, 1.82) is 0 Å². The molecule has 1 saturated carbocycles. The SMILES string of the molecule is CC(CCc1ccco1)NC(=O)N(CCC(=O)O)C1CC1. The number of amides is 2. The summed E-state index contributed by atoms with van der Waals surface area (Å²) >= 11 is 0. The zero-order chi connectivity index (χ0) is 15.2. The molecular formula is C15H22N2O4. The number of urea groups is 1. The molecule has 1 unspecified atom stereocenters. The van der Waals surface area contributed by atoms with Crippen LogP contribution in [0.5, 0.6) is 0 Å². The summed E-state index contributed by atoms with van der Waals surface area (Å²) in [4.78, 5) is 24.5. The second kappa shape index (κ2) is 7.15. The van der Waals surface area contributed by atoms with Crippen molar-refractivity contribution in [3.63, 3.8) is 0 Å². The van der Waals surface area contributed by atoms with Crippen molar-refractivity contribution in [3.8, 4) is 0 Å². The fourth-order valence-corrected chi connectivity index (χ4v) is 2.23. The molecule has 0 aromatic carbocycles. The Morgan fingerprint density at radius 2 is 2.29 bits per heavy atom. The van der Waals surface area contributed by atoms with Gasteiger partial charge < -0.3 is 19.7 Å². The Labute approximate surface area is 124 Å². The molecule has 0 bridgehead atoms. The van der Waals surface area contributed by atoms with E-state index < -0.39 is 5.97 Å². The van der Waals surface area contributed by atoms with E-state index in [9.17, 15) is 9.59 Å². The summed E-state index contributed by atoms with van der Waals surface area (Å²) in [6.07, 6.45) is 5.12. The summed E-state index contributed by atoms with van der Waals surface area (Å²) in [6, 6.07) is 3.83. The minimum Gasteiger partial charge on any atom is -0.481 e. The summed E-state index contributed by atoms with van der Waals surface area (Å²) in [5.41, 5.74) is 0. The highest BCUT2D eigenvalue weighted by Gasteiger charge is 2.33. The molecule has 1 aromatic heterocycles. The number of nitrogens with zero attached hydrogens (tertiary/aromatic N) is 1. The minimum absolute atomic E-state index is 0.00923. The molecule has 1 aromatic rings. The number of carboxylic acid groups (broad SMARTS) is 1. The van der Waals surface area contributed by atoms with E-state index in [2.05, 4.69) is 5.32 Å². The van der Waals surface area contributed by atoms with Gasteiger partial charge in [-0.15, -0.1) is 0 Å². The fraction of sp³-hybridized carbons (Fsp3) is 0.600. The molecule has 1 aliphatic rings. The predicted molar refractivity (Wildman–Crippen MR) is 77.0 cm³/mol. The second-order valence-corrected chi connectivity index (χ2v) is 5.54. The minimum atomic E-state index is -0.876. The first kappa shape index (κ1) is 15.4. The first-order chi connectivity index (χ1) is 10.1. The number of furan rings is 1. The van der Waals surface area contributed by atoms with Crippen molar-refractivity contribution in [1.82, 2.24) is 10.2 Å². The van der Waals surface area contributed by atoms with Gasteiger partial charge in [0.05, 0.1) is 12.7 Å². The van der Waals surface area contributed by atoms with Crippen LogP contribution in [-0.4, -0.2) is 40.6 Å². The summed E-state index contributed by atoms with van der Waals surface area (Å²) in [6.45, 7) is 2.22. The van der Waals surface area contributed by atoms with Gasteiger partial charge in [-0.3, -0.25) is 4.79 Å². The highest BCUT2D eigenvalue weighted by molar-refractivity contribution is 5.76. The summed E-state index contributed by atoms with van der Waals surface area (Å²) in [5, 5.41) is 11.7. The Hall–Kier alpha value is -1.98. The third kappa shape index (κ3) is 5.13. The molecule has 2 N–H and O–H groups in total. The normalized spacial score (nSPS) is 15.5. The van der Waals surface area contributed by atoms with Gasteiger partial charge in [0, 0.05) is 25.0 Å². The first-order valence-corrected chi connectivity index (χ1v) is 7.37. The van der Waals surface area contributed by atoms with E-state index in [1.165, 1.54) is 0 Å². The molecule has 1 heterocycles. The van der Waals surface area contributed by atoms with Crippen LogP contribution in [0.4, 0.5) is 4.79 Å². The fourth-order valence-electron chi connectivity index (χ4n) is 2.23. The Morgan fingerprint density at radius 1 is 1.52 bits per heavy atom. The van der Waals surface area contributed by atoms with Gasteiger partial charge in [-0.1, -0.05) is 0 Å². The molecular weight excluding hydrogens is 272 g/mol. The summed E-state index contributed by atoms with van der Waals surface area (Å²) in [7, 11) is 0. The predicted octanol–water partition coefficient (Wildman–Crippen LogP) is 2.25. The summed E-state index contributed by atoms with van der Waals surface area (Å²) < 4.78 is 5.26. The van der Waals surface area contributed by atoms with Gasteiger partial charge in [0.1, 0.15) is 5.76 Å². The third-order valence-corrected chi connectivity index (χ3v) is 3.59. The van der Waals surface area contributed by atoms with Crippen molar-refractivity contribution in [2.45, 2.75) is 51.1 Å². The van der Waals surface area contributed by atoms with E-state index in [-0.39, 0.29) is 31.1 Å². The first-order valence-electron chi connectivity index (χ1n) is 7.37. The number of hydrogen-bond acceptors (Lipinski definition) is 3. The zero-order valence-electron chi connectivity index (χ0n) is 12.2. The van der Waals surface area contributed by atoms with E-state index in [1.54, 1.807) is 11.2 Å². The average molecular weight is 294 g/mol. The lowest BCUT2D eigenvalue weighted by Gasteiger charge is -2.24. The Bertz CT molecular complexity index is 468. The zero-order valence-corrected chi connectivity index (χ0v) is 12.2. The molecule has 21 heavy (non-hydrogen) atoms. The molecule has 1 aliphatic carbocycles. The van der Waals surface area contributed by atoms with Crippen molar-refractivity contribution < 1.29 is 19.1 Å². The lowest BCUT2D eigenvalue weighted by atomic mass is 10.1. The topological polar surface area (TPSA) is 82.8 Å². The van der Waals surface area contributed by atoms with Crippen molar-refractivity contribution in [3.05, 3.63) is 24.2 Å². The molecule has 2 rings (SSSR count). The number of nitrogens with one attached hydrogen (secondary N) is 1. The second-order valence-electron chi connectivity index (χ2n) is 5.54. The summed E-state index contributed by atoms with van der Waals surface area (Å²) in [5.74, 6) is 0.0281. The maximum atomic E-state index is 12.2. The number of carbonyl (C=O) groups excluding carboxylic acids is 1. The molecule has 6 nitrogen and oxygen atoms in total. The van der Waals surface area contributed by atoms with Gasteiger partial charge in [-0.2, -0.15) is 0 Å². The van der Waals surface area contributed by atoms with Gasteiger partial charge in [-0.25, -0.2) is 4.79 Å². The Morgan fingerprint density at radius 3 is 2.86 bits per heavy atom. The van der Waals surface area contributed by atoms with Crippen LogP contribution in [0.3, 0.4) is 0 Å². The van der Waals surface area contributed by atoms with Crippen LogP contribution in [0, 0.1) is 0 Å². The number of hydrogen-bond donors (Lipinski definition) is 2. The number of aliphatic carboxylic acids is 1. The van der Waals surface area contributed by atoms with E-state index in [0.717, 1.165) is 31.4 Å². The molecule has 6 heteroatoms. The van der Waals surface area contributed by atoms with E-state index in [4.69, 9.17) is 9.52 Å². The van der Waals surface area contributed by atoms with Crippen LogP contribution in [0.25, 0.3) is 0 Å². The Balaban J connectivity index is 1.76. The van der Waals surface area contributed by atoms with Gasteiger partial charge >= 0.3 is 12.0 Å². The number of carboxylic acids is 1. The largest absolute Gasteiger partial charge is 0.481 e. The van der Waals surface area contributed by atoms with Crippen LogP contribution in [-0.2, 0) is 11.2 Å². The number of carbonyl (C=O) groups is 2. The standard InChI is InChI=1S/C15H22N2O4/c1-11(4-7-13-3-2-10-21-13)16-15(20)17(12-5-6-12)9-8-14(18)19/h2-3,10-12H,4-9H2,1H3,(H,16,20)(H,18,19). The lowest BCUT2D eigenvalue weighted by Crippen LogP contribution is -2.45. The van der Waals surface area contributed by atoms with Gasteiger partial charge in [0.2, 0.25) is 0 Å². The maximum Gasteiger partial charge on any atom is 0.317 e. The van der Waals surface area contributed by atoms with E-state index in [1.807, 2.05) is 19.1 Å². The van der Waals surface area contributed by atoms with Crippen molar-refractivity contribution in [2.75, 3.05) is 6.54 Å². The molecule has 1 fully saturated rings. The molecule has 0 aliphatic heterocycles. The third-order valence-electron chi connectivity index (χ3n) is 3.59. The lowest BCUT2D eigenvalue weighted by molar-refractivity contribution is -0.137. The molecule has 1 atom stereocenters. The van der Waals surface area contributed by atoms with Crippen molar-refractivity contribution >= 4 is 12.0 Å². The Kier molecular flexibility index (Phi) is 5.25. The van der Waals surface area contributed by atoms with Crippen LogP contribution < -0.4 is 5.32 Å². The van der Waals surface area contributed by atoms with E-state index >= 15 is 0 Å². The highest BCUT2D eigenvalue weighted by Crippen LogP contribution is 2.27. The van der Waals surface area contributed by atoms with Gasteiger partial charge in [0.25, 0.3) is 0 Å². The van der Waals surface area contributed by atoms with Crippen molar-refractivity contribution in [2.24, 2.45) is 0 Å².